The molecule has 1 heterocycles. The van der Waals surface area contributed by atoms with Crippen LogP contribution in [0, 0.1) is 0 Å². The number of hydrogen-bond donors (Lipinski definition) is 3. The highest BCUT2D eigenvalue weighted by Gasteiger charge is 2.46. The summed E-state index contributed by atoms with van der Waals surface area (Å²) in [5.41, 5.74) is 0.0236. The number of imide groups is 1. The average Bonchev–Trinajstić information content (AvgIpc) is 2.53. The van der Waals surface area contributed by atoms with E-state index in [1.807, 2.05) is 0 Å². The molecule has 18 heavy (non-hydrogen) atoms. The van der Waals surface area contributed by atoms with Crippen molar-refractivity contribution in [3.63, 3.8) is 0 Å². The van der Waals surface area contributed by atoms with E-state index in [1.54, 1.807) is 31.2 Å². The van der Waals surface area contributed by atoms with Gasteiger partial charge in [0.15, 0.2) is 0 Å². The van der Waals surface area contributed by atoms with E-state index in [9.17, 15) is 9.59 Å². The van der Waals surface area contributed by atoms with Crippen LogP contribution >= 0.6 is 0 Å². The van der Waals surface area contributed by atoms with E-state index < -0.39 is 17.5 Å². The third kappa shape index (κ3) is 2.14. The van der Waals surface area contributed by atoms with Gasteiger partial charge in [0, 0.05) is 0 Å². The molecule has 1 aromatic carbocycles. The molecule has 1 unspecified atom stereocenters. The van der Waals surface area contributed by atoms with Crippen molar-refractivity contribution in [2.75, 3.05) is 0 Å². The molecule has 1 saturated heterocycles. The number of hydrogen-bond acceptors (Lipinski definition) is 4. The molecule has 0 saturated carbocycles. The largest absolute Gasteiger partial charge is 0.508 e. The topological polar surface area (TPSA) is 95.7 Å². The van der Waals surface area contributed by atoms with Crippen LogP contribution in [0.3, 0.4) is 0 Å². The second-order valence-electron chi connectivity index (χ2n) is 4.60. The zero-order chi connectivity index (χ0) is 13.3. The normalized spacial score (nSPS) is 23.3. The molecule has 96 valence electrons. The van der Waals surface area contributed by atoms with Crippen molar-refractivity contribution in [2.45, 2.75) is 25.3 Å². The highest BCUT2D eigenvalue weighted by molar-refractivity contribution is 6.06. The molecular formula is C12H15N3O3. The molecule has 0 aliphatic carbocycles. The quantitative estimate of drug-likeness (QED) is 0.413. The van der Waals surface area contributed by atoms with Crippen LogP contribution in [0.2, 0.25) is 0 Å². The summed E-state index contributed by atoms with van der Waals surface area (Å²) in [7, 11) is 0. The fourth-order valence-electron chi connectivity index (χ4n) is 1.93. The number of hydrazine groups is 1. The maximum absolute atomic E-state index is 11.8. The van der Waals surface area contributed by atoms with Crippen molar-refractivity contribution in [3.05, 3.63) is 29.8 Å². The van der Waals surface area contributed by atoms with E-state index in [4.69, 9.17) is 10.9 Å². The maximum Gasteiger partial charge on any atom is 0.339 e. The zero-order valence-electron chi connectivity index (χ0n) is 10.0. The smallest absolute Gasteiger partial charge is 0.339 e. The number of rotatable bonds is 3. The Balaban J connectivity index is 2.04. The number of aryl methyl sites for hydroxylation is 1. The van der Waals surface area contributed by atoms with Crippen LogP contribution in [-0.2, 0) is 11.2 Å². The Hall–Kier alpha value is -2.08. The van der Waals surface area contributed by atoms with Gasteiger partial charge in [-0.25, -0.2) is 10.6 Å². The van der Waals surface area contributed by atoms with E-state index in [2.05, 4.69) is 5.32 Å². The first-order valence-electron chi connectivity index (χ1n) is 5.62. The molecular weight excluding hydrogens is 234 g/mol. The molecule has 1 aliphatic rings. The molecule has 1 atom stereocenters. The lowest BCUT2D eigenvalue weighted by molar-refractivity contribution is -0.131. The number of aromatic hydroxyl groups is 1. The molecule has 0 aromatic heterocycles. The lowest BCUT2D eigenvalue weighted by atomic mass is 9.93. The highest BCUT2D eigenvalue weighted by atomic mass is 16.3. The van der Waals surface area contributed by atoms with Gasteiger partial charge in [0.25, 0.3) is 5.91 Å². The molecule has 3 amide bonds. The third-order valence-corrected chi connectivity index (χ3v) is 3.14. The first-order chi connectivity index (χ1) is 8.42. The van der Waals surface area contributed by atoms with Crippen LogP contribution in [0.5, 0.6) is 5.75 Å². The standard InChI is InChI=1S/C12H15N3O3/c1-12(10(17)15(13)11(18)14-12)7-6-8-2-4-9(16)5-3-8/h2-5,16H,6-7,13H2,1H3,(H,14,18). The molecule has 0 spiro atoms. The molecule has 0 radical (unpaired) electrons. The Morgan fingerprint density at radius 1 is 1.33 bits per heavy atom. The lowest BCUT2D eigenvalue weighted by Crippen LogP contribution is -2.45. The average molecular weight is 249 g/mol. The Bertz CT molecular complexity index is 486. The number of phenolic OH excluding ortho intramolecular Hbond substituents is 1. The van der Waals surface area contributed by atoms with Crippen molar-refractivity contribution in [3.8, 4) is 5.75 Å². The maximum atomic E-state index is 11.8. The van der Waals surface area contributed by atoms with Crippen LogP contribution in [0.1, 0.15) is 18.9 Å². The second kappa shape index (κ2) is 4.30. The minimum atomic E-state index is -0.955. The fourth-order valence-corrected chi connectivity index (χ4v) is 1.93. The van der Waals surface area contributed by atoms with Gasteiger partial charge in [0.05, 0.1) is 0 Å². The summed E-state index contributed by atoms with van der Waals surface area (Å²) in [6, 6.07) is 6.15. The van der Waals surface area contributed by atoms with Gasteiger partial charge in [0.2, 0.25) is 0 Å². The van der Waals surface area contributed by atoms with E-state index >= 15 is 0 Å². The van der Waals surface area contributed by atoms with Crippen molar-refractivity contribution < 1.29 is 14.7 Å². The first kappa shape index (κ1) is 12.4. The monoisotopic (exact) mass is 249 g/mol. The van der Waals surface area contributed by atoms with Crippen LogP contribution in [0.25, 0.3) is 0 Å². The molecule has 6 nitrogen and oxygen atoms in total. The fraction of sp³-hybridized carbons (Fsp3) is 0.333. The Kier molecular flexibility index (Phi) is 2.96. The number of nitrogens with zero attached hydrogens (tertiary/aromatic N) is 1. The van der Waals surface area contributed by atoms with Crippen LogP contribution < -0.4 is 11.2 Å². The molecule has 1 fully saturated rings. The van der Waals surface area contributed by atoms with Gasteiger partial charge in [-0.1, -0.05) is 12.1 Å². The van der Waals surface area contributed by atoms with Gasteiger partial charge in [-0.3, -0.25) is 4.79 Å². The molecule has 1 aliphatic heterocycles. The van der Waals surface area contributed by atoms with E-state index in [0.717, 1.165) is 5.56 Å². The highest BCUT2D eigenvalue weighted by Crippen LogP contribution is 2.22. The van der Waals surface area contributed by atoms with Crippen molar-refractivity contribution >= 4 is 11.9 Å². The van der Waals surface area contributed by atoms with E-state index in [-0.39, 0.29) is 5.75 Å². The van der Waals surface area contributed by atoms with Crippen LogP contribution in [0.15, 0.2) is 24.3 Å². The molecule has 6 heteroatoms. The molecule has 2 rings (SSSR count). The minimum Gasteiger partial charge on any atom is -0.508 e. The van der Waals surface area contributed by atoms with Gasteiger partial charge in [-0.15, -0.1) is 0 Å². The summed E-state index contributed by atoms with van der Waals surface area (Å²) < 4.78 is 0. The van der Waals surface area contributed by atoms with Crippen molar-refractivity contribution in [1.29, 1.82) is 0 Å². The number of nitrogens with two attached hydrogens (primary N) is 1. The summed E-state index contributed by atoms with van der Waals surface area (Å²) in [6.45, 7) is 1.65. The molecule has 1 aromatic rings. The third-order valence-electron chi connectivity index (χ3n) is 3.14. The number of carbonyl (C=O) groups excluding carboxylic acids is 2. The van der Waals surface area contributed by atoms with Crippen molar-refractivity contribution in [2.24, 2.45) is 5.84 Å². The van der Waals surface area contributed by atoms with Gasteiger partial charge >= 0.3 is 6.03 Å². The summed E-state index contributed by atoms with van der Waals surface area (Å²) in [5.74, 6) is 5.10. The number of phenols is 1. The summed E-state index contributed by atoms with van der Waals surface area (Å²) in [5, 5.41) is 12.3. The zero-order valence-corrected chi connectivity index (χ0v) is 10.0. The lowest BCUT2D eigenvalue weighted by Gasteiger charge is -2.20. The predicted octanol–water partition coefficient (Wildman–Crippen LogP) is 0.509. The number of benzene rings is 1. The Labute approximate surface area is 104 Å². The van der Waals surface area contributed by atoms with E-state index in [0.29, 0.717) is 17.9 Å². The number of carbonyl (C=O) groups is 2. The Morgan fingerprint density at radius 2 is 1.94 bits per heavy atom. The van der Waals surface area contributed by atoms with Crippen LogP contribution in [-0.4, -0.2) is 27.6 Å². The number of nitrogens with one attached hydrogen (secondary N) is 1. The summed E-state index contributed by atoms with van der Waals surface area (Å²) in [6.07, 6.45) is 1.06. The molecule has 4 N–H and O–H groups in total. The van der Waals surface area contributed by atoms with Gasteiger partial charge in [0.1, 0.15) is 11.3 Å². The van der Waals surface area contributed by atoms with Gasteiger partial charge in [-0.05, 0) is 37.5 Å². The first-order valence-corrected chi connectivity index (χ1v) is 5.62. The van der Waals surface area contributed by atoms with Crippen LogP contribution in [0.4, 0.5) is 4.79 Å². The van der Waals surface area contributed by atoms with Crippen molar-refractivity contribution in [1.82, 2.24) is 10.3 Å². The molecule has 0 bridgehead atoms. The summed E-state index contributed by atoms with van der Waals surface area (Å²) >= 11 is 0. The predicted molar refractivity (Wildman–Crippen MR) is 64.4 cm³/mol. The number of amides is 3. The van der Waals surface area contributed by atoms with Gasteiger partial charge in [-0.2, -0.15) is 5.01 Å². The second-order valence-corrected chi connectivity index (χ2v) is 4.60. The summed E-state index contributed by atoms with van der Waals surface area (Å²) in [4.78, 5) is 23.1. The SMILES string of the molecule is CC1(CCc2ccc(O)cc2)NC(=O)N(N)C1=O. The number of urea groups is 1. The Morgan fingerprint density at radius 3 is 2.44 bits per heavy atom. The van der Waals surface area contributed by atoms with Gasteiger partial charge < -0.3 is 10.4 Å². The van der Waals surface area contributed by atoms with E-state index in [1.165, 1.54) is 0 Å². The minimum absolute atomic E-state index is 0.198.